The number of rotatable bonds is 5. The van der Waals surface area contributed by atoms with Crippen LogP contribution in [0, 0.1) is 5.92 Å². The van der Waals surface area contributed by atoms with Gasteiger partial charge in [0.15, 0.2) is 0 Å². The zero-order chi connectivity index (χ0) is 11.3. The smallest absolute Gasteiger partial charge is 0.0270 e. The van der Waals surface area contributed by atoms with Crippen LogP contribution in [0.1, 0.15) is 45.1 Å². The van der Waals surface area contributed by atoms with Crippen LogP contribution in [0.4, 0.5) is 0 Å². The van der Waals surface area contributed by atoms with Crippen LogP contribution in [-0.4, -0.2) is 9.81 Å². The van der Waals surface area contributed by atoms with E-state index in [-0.39, 0.29) is 0 Å². The third kappa shape index (κ3) is 3.30. The monoisotopic (exact) mass is 269 g/mol. The molecule has 2 heteroatoms. The number of hydrogen-bond donors (Lipinski definition) is 0. The van der Waals surface area contributed by atoms with Gasteiger partial charge >= 0.3 is 0 Å². The molecule has 1 nitrogen and oxygen atoms in total. The van der Waals surface area contributed by atoms with Crippen LogP contribution >= 0.6 is 15.9 Å². The maximum atomic E-state index is 4.06. The Hall–Kier alpha value is -0.370. The lowest BCUT2D eigenvalue weighted by Crippen LogP contribution is -2.19. The molecule has 0 N–H and O–H groups in total. The SMILES string of the molecule is CCC(CC)C(Br)C(C)c1ccncc1. The van der Waals surface area contributed by atoms with E-state index in [9.17, 15) is 0 Å². The zero-order valence-electron chi connectivity index (χ0n) is 9.78. The van der Waals surface area contributed by atoms with Gasteiger partial charge in [-0.15, -0.1) is 0 Å². The fraction of sp³-hybridized carbons (Fsp3) is 0.615. The Kier molecular flexibility index (Phi) is 5.30. The number of alkyl halides is 1. The lowest BCUT2D eigenvalue weighted by molar-refractivity contribution is 0.442. The van der Waals surface area contributed by atoms with Gasteiger partial charge in [-0.2, -0.15) is 0 Å². The third-order valence-corrected chi connectivity index (χ3v) is 4.75. The van der Waals surface area contributed by atoms with Gasteiger partial charge in [-0.25, -0.2) is 0 Å². The van der Waals surface area contributed by atoms with Crippen molar-refractivity contribution in [2.24, 2.45) is 5.92 Å². The molecule has 0 bridgehead atoms. The van der Waals surface area contributed by atoms with Crippen LogP contribution in [0.5, 0.6) is 0 Å². The van der Waals surface area contributed by atoms with E-state index in [1.54, 1.807) is 0 Å². The van der Waals surface area contributed by atoms with Crippen molar-refractivity contribution >= 4 is 15.9 Å². The highest BCUT2D eigenvalue weighted by Gasteiger charge is 2.22. The van der Waals surface area contributed by atoms with E-state index in [0.29, 0.717) is 10.7 Å². The number of pyridine rings is 1. The molecule has 15 heavy (non-hydrogen) atoms. The molecule has 0 aliphatic rings. The molecule has 0 aliphatic heterocycles. The van der Waals surface area contributed by atoms with E-state index in [0.717, 1.165) is 5.92 Å². The van der Waals surface area contributed by atoms with E-state index in [4.69, 9.17) is 0 Å². The Labute approximate surface area is 101 Å². The average molecular weight is 270 g/mol. The summed E-state index contributed by atoms with van der Waals surface area (Å²) in [7, 11) is 0. The molecule has 1 rings (SSSR count). The fourth-order valence-corrected chi connectivity index (χ4v) is 3.05. The normalized spacial score (nSPS) is 15.3. The second-order valence-corrected chi connectivity index (χ2v) is 5.15. The number of halogens is 1. The van der Waals surface area contributed by atoms with Crippen molar-refractivity contribution in [3.05, 3.63) is 30.1 Å². The molecular formula is C13H20BrN. The summed E-state index contributed by atoms with van der Waals surface area (Å²) in [6, 6.07) is 4.22. The van der Waals surface area contributed by atoms with Crippen LogP contribution in [0.3, 0.4) is 0 Å². The molecule has 2 unspecified atom stereocenters. The van der Waals surface area contributed by atoms with E-state index in [1.807, 2.05) is 12.4 Å². The molecule has 0 fully saturated rings. The Morgan fingerprint density at radius 3 is 2.20 bits per heavy atom. The van der Waals surface area contributed by atoms with Crippen molar-refractivity contribution in [2.75, 3.05) is 0 Å². The first-order valence-electron chi connectivity index (χ1n) is 5.74. The van der Waals surface area contributed by atoms with Gasteiger partial charge in [0.2, 0.25) is 0 Å². The van der Waals surface area contributed by atoms with Crippen molar-refractivity contribution in [1.29, 1.82) is 0 Å². The van der Waals surface area contributed by atoms with Gasteiger partial charge in [-0.05, 0) is 29.5 Å². The van der Waals surface area contributed by atoms with Gasteiger partial charge in [0, 0.05) is 17.2 Å². The van der Waals surface area contributed by atoms with E-state index in [2.05, 4.69) is 53.8 Å². The molecule has 1 aromatic heterocycles. The predicted molar refractivity (Wildman–Crippen MR) is 69.4 cm³/mol. The van der Waals surface area contributed by atoms with E-state index < -0.39 is 0 Å². The van der Waals surface area contributed by atoms with Crippen molar-refractivity contribution in [2.45, 2.75) is 44.4 Å². The predicted octanol–water partition coefficient (Wildman–Crippen LogP) is 4.38. The summed E-state index contributed by atoms with van der Waals surface area (Å²) in [5, 5.41) is 0. The van der Waals surface area contributed by atoms with Crippen molar-refractivity contribution in [3.63, 3.8) is 0 Å². The Bertz CT molecular complexity index is 269. The fourth-order valence-electron chi connectivity index (χ4n) is 2.00. The molecular weight excluding hydrogens is 250 g/mol. The molecule has 84 valence electrons. The number of hydrogen-bond acceptors (Lipinski definition) is 1. The first-order chi connectivity index (χ1) is 7.20. The number of nitrogens with zero attached hydrogens (tertiary/aromatic N) is 1. The Morgan fingerprint density at radius 1 is 1.20 bits per heavy atom. The quantitative estimate of drug-likeness (QED) is 0.723. The second-order valence-electron chi connectivity index (χ2n) is 4.09. The second kappa shape index (κ2) is 6.26. The summed E-state index contributed by atoms with van der Waals surface area (Å²) in [6.45, 7) is 6.82. The highest BCUT2D eigenvalue weighted by molar-refractivity contribution is 9.09. The van der Waals surface area contributed by atoms with Gasteiger partial charge < -0.3 is 0 Å². The number of aromatic nitrogens is 1. The summed E-state index contributed by atoms with van der Waals surface area (Å²) in [6.07, 6.45) is 6.22. The highest BCUT2D eigenvalue weighted by Crippen LogP contribution is 2.32. The summed E-state index contributed by atoms with van der Waals surface area (Å²) >= 11 is 3.85. The Morgan fingerprint density at radius 2 is 1.73 bits per heavy atom. The third-order valence-electron chi connectivity index (χ3n) is 3.21. The average Bonchev–Trinajstić information content (AvgIpc) is 2.30. The molecule has 0 aromatic carbocycles. The molecule has 0 spiro atoms. The first-order valence-corrected chi connectivity index (χ1v) is 6.66. The summed E-state index contributed by atoms with van der Waals surface area (Å²) in [5.74, 6) is 1.31. The maximum absolute atomic E-state index is 4.06. The van der Waals surface area contributed by atoms with Gasteiger partial charge in [0.25, 0.3) is 0 Å². The zero-order valence-corrected chi connectivity index (χ0v) is 11.4. The van der Waals surface area contributed by atoms with Gasteiger partial charge in [0.05, 0.1) is 0 Å². The minimum absolute atomic E-state index is 0.554. The van der Waals surface area contributed by atoms with Crippen molar-refractivity contribution < 1.29 is 0 Å². The van der Waals surface area contributed by atoms with Gasteiger partial charge in [-0.3, -0.25) is 4.98 Å². The topological polar surface area (TPSA) is 12.9 Å². The van der Waals surface area contributed by atoms with E-state index in [1.165, 1.54) is 18.4 Å². The molecule has 0 radical (unpaired) electrons. The van der Waals surface area contributed by atoms with Crippen LogP contribution in [0.15, 0.2) is 24.5 Å². The van der Waals surface area contributed by atoms with Gasteiger partial charge in [-0.1, -0.05) is 49.5 Å². The lowest BCUT2D eigenvalue weighted by atomic mass is 9.88. The van der Waals surface area contributed by atoms with Crippen LogP contribution in [0.2, 0.25) is 0 Å². The molecule has 1 heterocycles. The van der Waals surface area contributed by atoms with Crippen LogP contribution in [0.25, 0.3) is 0 Å². The summed E-state index contributed by atoms with van der Waals surface area (Å²) in [4.78, 5) is 4.62. The lowest BCUT2D eigenvalue weighted by Gasteiger charge is -2.25. The largest absolute Gasteiger partial charge is 0.265 e. The molecule has 0 aliphatic carbocycles. The molecule has 0 saturated heterocycles. The van der Waals surface area contributed by atoms with Crippen molar-refractivity contribution in [3.8, 4) is 0 Å². The Balaban J connectivity index is 2.71. The standard InChI is InChI=1S/C13H20BrN/c1-4-11(5-2)13(14)10(3)12-6-8-15-9-7-12/h6-11,13H,4-5H2,1-3H3. The minimum Gasteiger partial charge on any atom is -0.265 e. The van der Waals surface area contributed by atoms with Crippen LogP contribution < -0.4 is 0 Å². The van der Waals surface area contributed by atoms with E-state index >= 15 is 0 Å². The summed E-state index contributed by atoms with van der Waals surface area (Å²) in [5.41, 5.74) is 1.37. The van der Waals surface area contributed by atoms with Crippen LogP contribution in [-0.2, 0) is 0 Å². The molecule has 1 aromatic rings. The van der Waals surface area contributed by atoms with Crippen molar-refractivity contribution in [1.82, 2.24) is 4.98 Å². The minimum atomic E-state index is 0.554. The molecule has 0 amide bonds. The maximum Gasteiger partial charge on any atom is 0.0270 e. The summed E-state index contributed by atoms with van der Waals surface area (Å²) < 4.78 is 0. The first kappa shape index (κ1) is 12.7. The highest BCUT2D eigenvalue weighted by atomic mass is 79.9. The molecule has 2 atom stereocenters. The molecule has 0 saturated carbocycles. The van der Waals surface area contributed by atoms with Gasteiger partial charge in [0.1, 0.15) is 0 Å².